The largest absolute Gasteiger partial charge is 0.464 e. The first-order valence-corrected chi connectivity index (χ1v) is 4.97. The second kappa shape index (κ2) is 3.84. The Balaban J connectivity index is 2.42. The van der Waals surface area contributed by atoms with Gasteiger partial charge in [0, 0.05) is 10.9 Å². The lowest BCUT2D eigenvalue weighted by Crippen LogP contribution is -1.94. The normalized spacial score (nSPS) is 13.3. The van der Waals surface area contributed by atoms with Gasteiger partial charge in [0.25, 0.3) is 0 Å². The Bertz CT molecular complexity index is 417. The highest BCUT2D eigenvalue weighted by molar-refractivity contribution is 5.81. The van der Waals surface area contributed by atoms with Gasteiger partial charge in [0.15, 0.2) is 0 Å². The van der Waals surface area contributed by atoms with Crippen LogP contribution in [-0.4, -0.2) is 5.11 Å². The topological polar surface area (TPSA) is 33.4 Å². The molecule has 2 rings (SSSR count). The molecule has 1 aromatic heterocycles. The van der Waals surface area contributed by atoms with Crippen LogP contribution in [0.25, 0.3) is 11.0 Å². The van der Waals surface area contributed by atoms with Crippen LogP contribution in [0.5, 0.6) is 0 Å². The minimum Gasteiger partial charge on any atom is -0.464 e. The zero-order chi connectivity index (χ0) is 9.97. The quantitative estimate of drug-likeness (QED) is 0.805. The van der Waals surface area contributed by atoms with E-state index in [0.717, 1.165) is 29.4 Å². The van der Waals surface area contributed by atoms with Crippen LogP contribution in [0.3, 0.4) is 0 Å². The maximum Gasteiger partial charge on any atom is 0.134 e. The molecule has 1 unspecified atom stereocenters. The summed E-state index contributed by atoms with van der Waals surface area (Å²) in [4.78, 5) is 0. The average Bonchev–Trinajstić information content (AvgIpc) is 2.61. The molecule has 1 atom stereocenters. The summed E-state index contributed by atoms with van der Waals surface area (Å²) >= 11 is 0. The van der Waals surface area contributed by atoms with Gasteiger partial charge in [-0.15, -0.1) is 0 Å². The van der Waals surface area contributed by atoms with E-state index in [4.69, 9.17) is 4.42 Å². The van der Waals surface area contributed by atoms with Gasteiger partial charge in [-0.25, -0.2) is 0 Å². The van der Waals surface area contributed by atoms with E-state index < -0.39 is 6.10 Å². The molecule has 14 heavy (non-hydrogen) atoms. The van der Waals surface area contributed by atoms with Gasteiger partial charge < -0.3 is 9.52 Å². The van der Waals surface area contributed by atoms with E-state index >= 15 is 0 Å². The Morgan fingerprint density at radius 3 is 2.93 bits per heavy atom. The van der Waals surface area contributed by atoms with Gasteiger partial charge in [0.05, 0.1) is 12.4 Å². The summed E-state index contributed by atoms with van der Waals surface area (Å²) in [6.07, 6.45) is 3.01. The maximum atomic E-state index is 9.85. The van der Waals surface area contributed by atoms with Crippen LogP contribution >= 0.6 is 0 Å². The Kier molecular flexibility index (Phi) is 2.55. The summed E-state index contributed by atoms with van der Waals surface area (Å²) in [5, 5.41) is 10.9. The smallest absolute Gasteiger partial charge is 0.134 e. The van der Waals surface area contributed by atoms with E-state index in [1.807, 2.05) is 24.3 Å². The number of benzene rings is 1. The van der Waals surface area contributed by atoms with Gasteiger partial charge in [0.1, 0.15) is 5.58 Å². The van der Waals surface area contributed by atoms with Crippen LogP contribution in [0.1, 0.15) is 31.4 Å². The van der Waals surface area contributed by atoms with Gasteiger partial charge in [-0.1, -0.05) is 31.5 Å². The molecule has 1 N–H and O–H groups in total. The molecule has 0 fully saturated rings. The molecule has 0 saturated heterocycles. The van der Waals surface area contributed by atoms with Crippen LogP contribution in [0, 0.1) is 0 Å². The molecule has 74 valence electrons. The molecule has 2 heteroatoms. The highest BCUT2D eigenvalue weighted by Crippen LogP contribution is 2.28. The van der Waals surface area contributed by atoms with E-state index in [1.54, 1.807) is 6.26 Å². The number of aliphatic hydroxyl groups excluding tert-OH is 1. The molecule has 1 heterocycles. The molecule has 0 amide bonds. The summed E-state index contributed by atoms with van der Waals surface area (Å²) in [5.74, 6) is 0. The minimum absolute atomic E-state index is 0.399. The van der Waals surface area contributed by atoms with Gasteiger partial charge in [-0.3, -0.25) is 0 Å². The van der Waals surface area contributed by atoms with Crippen molar-refractivity contribution < 1.29 is 9.52 Å². The predicted molar refractivity (Wildman–Crippen MR) is 56.1 cm³/mol. The average molecular weight is 190 g/mol. The van der Waals surface area contributed by atoms with Crippen molar-refractivity contribution in [2.24, 2.45) is 0 Å². The first kappa shape index (κ1) is 9.28. The van der Waals surface area contributed by atoms with Crippen molar-refractivity contribution in [2.75, 3.05) is 0 Å². The van der Waals surface area contributed by atoms with Crippen molar-refractivity contribution in [1.29, 1.82) is 0 Å². The zero-order valence-electron chi connectivity index (χ0n) is 8.23. The molecule has 0 bridgehead atoms. The fraction of sp³-hybridized carbons (Fsp3) is 0.333. The highest BCUT2D eigenvalue weighted by atomic mass is 16.3. The third-order valence-electron chi connectivity index (χ3n) is 2.43. The van der Waals surface area contributed by atoms with E-state index in [2.05, 4.69) is 6.92 Å². The molecule has 0 radical (unpaired) electrons. The van der Waals surface area contributed by atoms with Crippen molar-refractivity contribution in [3.8, 4) is 0 Å². The summed E-state index contributed by atoms with van der Waals surface area (Å²) in [7, 11) is 0. The lowest BCUT2D eigenvalue weighted by Gasteiger charge is -2.06. The summed E-state index contributed by atoms with van der Waals surface area (Å²) in [6.45, 7) is 2.06. The third kappa shape index (κ3) is 1.53. The molecule has 2 nitrogen and oxygen atoms in total. The van der Waals surface area contributed by atoms with Crippen molar-refractivity contribution in [3.63, 3.8) is 0 Å². The van der Waals surface area contributed by atoms with Crippen LogP contribution in [0.4, 0.5) is 0 Å². The van der Waals surface area contributed by atoms with Gasteiger partial charge >= 0.3 is 0 Å². The monoisotopic (exact) mass is 190 g/mol. The summed E-state index contributed by atoms with van der Waals surface area (Å²) < 4.78 is 5.36. The van der Waals surface area contributed by atoms with Crippen molar-refractivity contribution in [2.45, 2.75) is 25.9 Å². The second-order valence-electron chi connectivity index (χ2n) is 3.49. The molecule has 0 spiro atoms. The molecule has 0 aliphatic heterocycles. The van der Waals surface area contributed by atoms with E-state index in [9.17, 15) is 5.11 Å². The SMILES string of the molecule is CCCC(O)c1coc2ccccc12. The fourth-order valence-electron chi connectivity index (χ4n) is 1.69. The highest BCUT2D eigenvalue weighted by Gasteiger charge is 2.12. The Morgan fingerprint density at radius 1 is 1.36 bits per heavy atom. The molecule has 0 aliphatic carbocycles. The van der Waals surface area contributed by atoms with Crippen LogP contribution < -0.4 is 0 Å². The number of aliphatic hydroxyl groups is 1. The van der Waals surface area contributed by atoms with Crippen LogP contribution in [0.2, 0.25) is 0 Å². The van der Waals surface area contributed by atoms with Crippen molar-refractivity contribution in [3.05, 3.63) is 36.1 Å². The Hall–Kier alpha value is -1.28. The van der Waals surface area contributed by atoms with E-state index in [1.165, 1.54) is 0 Å². The molecule has 0 aliphatic rings. The van der Waals surface area contributed by atoms with E-state index in [-0.39, 0.29) is 0 Å². The third-order valence-corrected chi connectivity index (χ3v) is 2.43. The van der Waals surface area contributed by atoms with E-state index in [0.29, 0.717) is 0 Å². The van der Waals surface area contributed by atoms with Crippen LogP contribution in [-0.2, 0) is 0 Å². The lowest BCUT2D eigenvalue weighted by molar-refractivity contribution is 0.167. The number of furan rings is 1. The van der Waals surface area contributed by atoms with Crippen molar-refractivity contribution in [1.82, 2.24) is 0 Å². The van der Waals surface area contributed by atoms with Gasteiger partial charge in [-0.2, -0.15) is 0 Å². The van der Waals surface area contributed by atoms with Crippen molar-refractivity contribution >= 4 is 11.0 Å². The standard InChI is InChI=1S/C12H14O2/c1-2-5-11(13)10-8-14-12-7-4-3-6-9(10)12/h3-4,6-8,11,13H,2,5H2,1H3. The number of para-hydroxylation sites is 1. The molecular weight excluding hydrogens is 176 g/mol. The van der Waals surface area contributed by atoms with Crippen LogP contribution in [0.15, 0.2) is 34.9 Å². The molecule has 2 aromatic rings. The zero-order valence-corrected chi connectivity index (χ0v) is 8.23. The Labute approximate surface area is 83.2 Å². The Morgan fingerprint density at radius 2 is 2.14 bits per heavy atom. The molecule has 0 saturated carbocycles. The number of hydrogen-bond donors (Lipinski definition) is 1. The summed E-state index contributed by atoms with van der Waals surface area (Å²) in [5.41, 5.74) is 1.75. The molecule has 1 aromatic carbocycles. The maximum absolute atomic E-state index is 9.85. The second-order valence-corrected chi connectivity index (χ2v) is 3.49. The van der Waals surface area contributed by atoms with Gasteiger partial charge in [-0.05, 0) is 12.5 Å². The first-order chi connectivity index (χ1) is 6.83. The number of rotatable bonds is 3. The number of hydrogen-bond acceptors (Lipinski definition) is 2. The fourth-order valence-corrected chi connectivity index (χ4v) is 1.69. The lowest BCUT2D eigenvalue weighted by atomic mass is 10.0. The minimum atomic E-state index is -0.399. The first-order valence-electron chi connectivity index (χ1n) is 4.97. The number of fused-ring (bicyclic) bond motifs is 1. The van der Waals surface area contributed by atoms with Gasteiger partial charge in [0.2, 0.25) is 0 Å². The summed E-state index contributed by atoms with van der Waals surface area (Å²) in [6, 6.07) is 7.78. The molecular formula is C12H14O2. The predicted octanol–water partition coefficient (Wildman–Crippen LogP) is 3.27.